The van der Waals surface area contributed by atoms with E-state index in [0.717, 1.165) is 11.5 Å². The van der Waals surface area contributed by atoms with E-state index in [1.807, 2.05) is 12.1 Å². The zero-order valence-corrected chi connectivity index (χ0v) is 11.7. The highest BCUT2D eigenvalue weighted by atomic mass is 16.4. The van der Waals surface area contributed by atoms with Crippen LogP contribution in [0.5, 0.6) is 0 Å². The van der Waals surface area contributed by atoms with Crippen LogP contribution in [-0.4, -0.2) is 28.9 Å². The van der Waals surface area contributed by atoms with Crippen molar-refractivity contribution in [2.24, 2.45) is 17.8 Å². The largest absolute Gasteiger partial charge is 0.481 e. The average Bonchev–Trinajstić information content (AvgIpc) is 3.28. The number of carbonyl (C=O) groups is 2. The van der Waals surface area contributed by atoms with Gasteiger partial charge < -0.3 is 14.4 Å². The van der Waals surface area contributed by atoms with Crippen LogP contribution in [0.3, 0.4) is 0 Å². The molecule has 0 spiro atoms. The second kappa shape index (κ2) is 4.65. The van der Waals surface area contributed by atoms with Gasteiger partial charge in [-0.05, 0) is 30.9 Å². The summed E-state index contributed by atoms with van der Waals surface area (Å²) in [5.41, 5.74) is 0. The second-order valence-corrected chi connectivity index (χ2v) is 6.10. The fourth-order valence-corrected chi connectivity index (χ4v) is 2.73. The van der Waals surface area contributed by atoms with Crippen molar-refractivity contribution in [3.05, 3.63) is 23.7 Å². The highest BCUT2D eigenvalue weighted by Crippen LogP contribution is 2.47. The van der Waals surface area contributed by atoms with E-state index in [9.17, 15) is 9.59 Å². The van der Waals surface area contributed by atoms with Crippen LogP contribution in [-0.2, 0) is 16.1 Å². The molecule has 4 unspecified atom stereocenters. The Balaban J connectivity index is 1.56. The number of carbonyl (C=O) groups excluding carboxylic acids is 1. The third-order valence-electron chi connectivity index (χ3n) is 4.35. The van der Waals surface area contributed by atoms with Crippen molar-refractivity contribution in [2.75, 3.05) is 7.05 Å². The van der Waals surface area contributed by atoms with Crippen LogP contribution in [0.15, 0.2) is 16.5 Å². The molecule has 20 heavy (non-hydrogen) atoms. The zero-order chi connectivity index (χ0) is 14.4. The Morgan fingerprint density at radius 2 is 2.05 bits per heavy atom. The summed E-state index contributed by atoms with van der Waals surface area (Å²) in [6.07, 6.45) is 1.63. The lowest BCUT2D eigenvalue weighted by Crippen LogP contribution is -2.28. The molecule has 0 bridgehead atoms. The summed E-state index contributed by atoms with van der Waals surface area (Å²) < 4.78 is 5.76. The lowest BCUT2D eigenvalue weighted by molar-refractivity contribution is -0.141. The maximum atomic E-state index is 12.1. The number of nitrogens with zero attached hydrogens (tertiary/aromatic N) is 1. The van der Waals surface area contributed by atoms with E-state index in [0.29, 0.717) is 24.8 Å². The number of carboxylic acid groups (broad SMARTS) is 1. The number of furan rings is 1. The van der Waals surface area contributed by atoms with Gasteiger partial charge in [0.15, 0.2) is 0 Å². The summed E-state index contributed by atoms with van der Waals surface area (Å²) >= 11 is 0. The van der Waals surface area contributed by atoms with Gasteiger partial charge in [0.1, 0.15) is 11.5 Å². The van der Waals surface area contributed by atoms with Gasteiger partial charge in [0.2, 0.25) is 5.91 Å². The van der Waals surface area contributed by atoms with Gasteiger partial charge in [-0.15, -0.1) is 0 Å². The molecule has 0 saturated heterocycles. The lowest BCUT2D eigenvalue weighted by atomic mass is 10.2. The molecule has 0 aliphatic heterocycles. The normalized spacial score (nSPS) is 30.9. The summed E-state index contributed by atoms with van der Waals surface area (Å²) in [7, 11) is 1.70. The molecule has 2 saturated carbocycles. The van der Waals surface area contributed by atoms with E-state index in [2.05, 4.69) is 6.92 Å². The van der Waals surface area contributed by atoms with Crippen LogP contribution in [0.25, 0.3) is 0 Å². The van der Waals surface area contributed by atoms with E-state index < -0.39 is 11.9 Å². The number of hydrogen-bond donors (Lipinski definition) is 1. The first-order valence-corrected chi connectivity index (χ1v) is 7.03. The van der Waals surface area contributed by atoms with Crippen molar-refractivity contribution < 1.29 is 19.1 Å². The third kappa shape index (κ3) is 2.44. The molecular formula is C15H19NO4. The third-order valence-corrected chi connectivity index (χ3v) is 4.35. The Morgan fingerprint density at radius 3 is 2.60 bits per heavy atom. The molecule has 1 N–H and O–H groups in total. The monoisotopic (exact) mass is 277 g/mol. The van der Waals surface area contributed by atoms with Crippen LogP contribution >= 0.6 is 0 Å². The quantitative estimate of drug-likeness (QED) is 0.894. The minimum absolute atomic E-state index is 0.102. The summed E-state index contributed by atoms with van der Waals surface area (Å²) in [6.45, 7) is 2.60. The first-order valence-electron chi connectivity index (χ1n) is 7.03. The van der Waals surface area contributed by atoms with Gasteiger partial charge in [0.25, 0.3) is 0 Å². The molecule has 2 aliphatic rings. The molecule has 1 aromatic rings. The van der Waals surface area contributed by atoms with Crippen molar-refractivity contribution in [1.29, 1.82) is 0 Å². The molecule has 1 amide bonds. The van der Waals surface area contributed by atoms with Crippen LogP contribution in [0.4, 0.5) is 0 Å². The molecule has 0 aromatic carbocycles. The van der Waals surface area contributed by atoms with Gasteiger partial charge in [-0.1, -0.05) is 6.92 Å². The average molecular weight is 277 g/mol. The Labute approximate surface area is 117 Å². The van der Waals surface area contributed by atoms with Crippen molar-refractivity contribution in [1.82, 2.24) is 4.90 Å². The maximum absolute atomic E-state index is 12.1. The molecule has 0 radical (unpaired) electrons. The number of hydrogen-bond acceptors (Lipinski definition) is 3. The molecule has 108 valence electrons. The molecule has 2 fully saturated rings. The summed E-state index contributed by atoms with van der Waals surface area (Å²) in [4.78, 5) is 24.4. The van der Waals surface area contributed by atoms with Gasteiger partial charge in [-0.25, -0.2) is 0 Å². The Kier molecular flexibility index (Phi) is 3.07. The fourth-order valence-electron chi connectivity index (χ4n) is 2.73. The smallest absolute Gasteiger partial charge is 0.307 e. The lowest BCUT2D eigenvalue weighted by Gasteiger charge is -2.15. The van der Waals surface area contributed by atoms with Crippen LogP contribution < -0.4 is 0 Å². The number of rotatable bonds is 5. The van der Waals surface area contributed by atoms with Crippen LogP contribution in [0.1, 0.15) is 37.2 Å². The predicted octanol–water partition coefficient (Wildman–Crippen LogP) is 2.08. The van der Waals surface area contributed by atoms with E-state index in [1.54, 1.807) is 11.9 Å². The molecule has 3 rings (SSSR count). The summed E-state index contributed by atoms with van der Waals surface area (Å²) in [6, 6.07) is 3.89. The molecule has 5 heteroatoms. The molecule has 4 atom stereocenters. The van der Waals surface area contributed by atoms with Gasteiger partial charge in [0, 0.05) is 13.0 Å². The van der Waals surface area contributed by atoms with E-state index in [4.69, 9.17) is 9.52 Å². The molecule has 1 aromatic heterocycles. The molecular weight excluding hydrogens is 258 g/mol. The van der Waals surface area contributed by atoms with Crippen molar-refractivity contribution in [3.8, 4) is 0 Å². The van der Waals surface area contributed by atoms with Crippen LogP contribution in [0, 0.1) is 17.8 Å². The first-order chi connectivity index (χ1) is 9.47. The second-order valence-electron chi connectivity index (χ2n) is 6.10. The standard InChI is InChI=1S/C15H19NO4/c1-8-5-10(8)13-4-3-9(20-13)7-16(2)14(17)11-6-12(11)15(18)19/h3-4,8,10-12H,5-7H2,1-2H3,(H,18,19). The SMILES string of the molecule is CC1CC1c1ccc(CN(C)C(=O)C2CC2C(=O)O)o1. The van der Waals surface area contributed by atoms with Gasteiger partial charge in [0.05, 0.1) is 18.4 Å². The van der Waals surface area contributed by atoms with E-state index in [-0.39, 0.29) is 11.8 Å². The van der Waals surface area contributed by atoms with E-state index >= 15 is 0 Å². The van der Waals surface area contributed by atoms with Crippen molar-refractivity contribution >= 4 is 11.9 Å². The van der Waals surface area contributed by atoms with Gasteiger partial charge in [-0.2, -0.15) is 0 Å². The van der Waals surface area contributed by atoms with E-state index in [1.165, 1.54) is 6.42 Å². The minimum atomic E-state index is -0.875. The first kappa shape index (κ1) is 13.2. The molecule has 1 heterocycles. The Bertz CT molecular complexity index is 550. The number of carboxylic acids is 1. The van der Waals surface area contributed by atoms with Crippen LogP contribution in [0.2, 0.25) is 0 Å². The zero-order valence-electron chi connectivity index (χ0n) is 11.7. The summed E-state index contributed by atoms with van der Waals surface area (Å²) in [5.74, 6) is 1.17. The Morgan fingerprint density at radius 1 is 1.35 bits per heavy atom. The van der Waals surface area contributed by atoms with Gasteiger partial charge in [-0.3, -0.25) is 9.59 Å². The Hall–Kier alpha value is -1.78. The summed E-state index contributed by atoms with van der Waals surface area (Å²) in [5, 5.41) is 8.85. The maximum Gasteiger partial charge on any atom is 0.307 e. The minimum Gasteiger partial charge on any atom is -0.481 e. The predicted molar refractivity (Wildman–Crippen MR) is 70.9 cm³/mol. The van der Waals surface area contributed by atoms with Crippen molar-refractivity contribution in [3.63, 3.8) is 0 Å². The fraction of sp³-hybridized carbons (Fsp3) is 0.600. The molecule has 2 aliphatic carbocycles. The number of amides is 1. The van der Waals surface area contributed by atoms with Gasteiger partial charge >= 0.3 is 5.97 Å². The number of aliphatic carboxylic acids is 1. The topological polar surface area (TPSA) is 70.8 Å². The van der Waals surface area contributed by atoms with Crippen molar-refractivity contribution in [2.45, 2.75) is 32.2 Å². The molecule has 5 nitrogen and oxygen atoms in total. The highest BCUT2D eigenvalue weighted by molar-refractivity contribution is 5.89. The highest BCUT2D eigenvalue weighted by Gasteiger charge is 2.49.